The molecule has 0 radical (unpaired) electrons. The highest BCUT2D eigenvalue weighted by Crippen LogP contribution is 2.36. The van der Waals surface area contributed by atoms with Crippen LogP contribution in [0.5, 0.6) is 5.75 Å². The van der Waals surface area contributed by atoms with Crippen molar-refractivity contribution in [2.75, 3.05) is 6.61 Å². The fraction of sp³-hybridized carbons (Fsp3) is 0.500. The average Bonchev–Trinajstić information content (AvgIpc) is 2.76. The number of nitrogens with zero attached hydrogens (tertiary/aromatic N) is 1. The van der Waals surface area contributed by atoms with Crippen LogP contribution in [0, 0.1) is 11.3 Å². The Morgan fingerprint density at radius 3 is 2.61 bits per heavy atom. The Morgan fingerprint density at radius 2 is 2.00 bits per heavy atom. The zero-order chi connectivity index (χ0) is 17.2. The van der Waals surface area contributed by atoms with Gasteiger partial charge in [0.1, 0.15) is 5.75 Å². The molecule has 126 valence electrons. The third kappa shape index (κ3) is 5.45. The third-order valence-corrected chi connectivity index (χ3v) is 4.86. The fourth-order valence-corrected chi connectivity index (χ4v) is 3.95. The van der Waals surface area contributed by atoms with Gasteiger partial charge in [-0.2, -0.15) is 0 Å². The maximum Gasteiger partial charge on any atom is 0.184 e. The lowest BCUT2D eigenvalue weighted by molar-refractivity contribution is 0.273. The first-order valence-electron chi connectivity index (χ1n) is 7.83. The van der Waals surface area contributed by atoms with E-state index in [1.807, 2.05) is 0 Å². The van der Waals surface area contributed by atoms with Crippen molar-refractivity contribution in [2.24, 2.45) is 11.3 Å². The Balaban J connectivity index is 2.37. The molecule has 1 aromatic heterocycles. The van der Waals surface area contributed by atoms with E-state index in [0.717, 1.165) is 28.7 Å². The molecule has 0 saturated heterocycles. The molecular formula is C18H25ClNOPS. The first kappa shape index (κ1) is 18.7. The van der Waals surface area contributed by atoms with E-state index in [9.17, 15) is 0 Å². The molecule has 0 aliphatic carbocycles. The number of hydrogen-bond donors (Lipinski definition) is 0. The summed E-state index contributed by atoms with van der Waals surface area (Å²) in [6, 6.07) is 6.22. The zero-order valence-corrected chi connectivity index (χ0v) is 17.2. The molecule has 0 spiro atoms. The van der Waals surface area contributed by atoms with Gasteiger partial charge in [-0.1, -0.05) is 58.4 Å². The van der Waals surface area contributed by atoms with Crippen LogP contribution >= 0.6 is 32.2 Å². The van der Waals surface area contributed by atoms with Crippen molar-refractivity contribution in [1.82, 2.24) is 4.98 Å². The second-order valence-electron chi connectivity index (χ2n) is 7.43. The van der Waals surface area contributed by atoms with Crippen molar-refractivity contribution in [3.63, 3.8) is 0 Å². The first-order chi connectivity index (χ1) is 10.7. The predicted molar refractivity (Wildman–Crippen MR) is 105 cm³/mol. The van der Waals surface area contributed by atoms with Crippen LogP contribution < -0.4 is 10.0 Å². The minimum atomic E-state index is 0.197. The molecule has 1 unspecified atom stereocenters. The van der Waals surface area contributed by atoms with Crippen molar-refractivity contribution in [3.8, 4) is 17.0 Å². The normalized spacial score (nSPS) is 12.0. The molecule has 23 heavy (non-hydrogen) atoms. The summed E-state index contributed by atoms with van der Waals surface area (Å²) >= 11 is 7.76. The summed E-state index contributed by atoms with van der Waals surface area (Å²) in [5.41, 5.74) is 2.24. The molecule has 0 fully saturated rings. The van der Waals surface area contributed by atoms with E-state index in [0.29, 0.717) is 17.0 Å². The molecule has 0 aliphatic rings. The quantitative estimate of drug-likeness (QED) is 0.641. The lowest BCUT2D eigenvalue weighted by Gasteiger charge is -2.18. The Hall–Kier alpha value is -0.630. The highest BCUT2D eigenvalue weighted by atomic mass is 35.5. The van der Waals surface area contributed by atoms with Gasteiger partial charge in [-0.3, -0.25) is 0 Å². The van der Waals surface area contributed by atoms with E-state index in [2.05, 4.69) is 67.0 Å². The largest absolute Gasteiger partial charge is 0.493 e. The standard InChI is InChI=1S/C18H25ClNOPS/c1-11(2)10-21-13-8-12(6-7-14(13)22)16-15(9-18(3,4)5)23-17(19)20-16/h6-8,11H,9-10,22H2,1-5H3. The second-order valence-corrected chi connectivity index (χ2v) is 9.72. The minimum absolute atomic E-state index is 0.197. The van der Waals surface area contributed by atoms with Gasteiger partial charge in [0.05, 0.1) is 12.3 Å². The van der Waals surface area contributed by atoms with Crippen LogP contribution in [0.2, 0.25) is 4.47 Å². The third-order valence-electron chi connectivity index (χ3n) is 3.22. The van der Waals surface area contributed by atoms with Crippen LogP contribution in [-0.4, -0.2) is 11.6 Å². The summed E-state index contributed by atoms with van der Waals surface area (Å²) in [5.74, 6) is 1.39. The smallest absolute Gasteiger partial charge is 0.184 e. The van der Waals surface area contributed by atoms with Gasteiger partial charge in [0.15, 0.2) is 4.47 Å². The lowest BCUT2D eigenvalue weighted by atomic mass is 9.90. The summed E-state index contributed by atoms with van der Waals surface area (Å²) < 4.78 is 6.53. The topological polar surface area (TPSA) is 22.1 Å². The maximum atomic E-state index is 6.19. The van der Waals surface area contributed by atoms with E-state index in [-0.39, 0.29) is 5.41 Å². The molecular weight excluding hydrogens is 345 g/mol. The Kier molecular flexibility index (Phi) is 6.10. The summed E-state index contributed by atoms with van der Waals surface area (Å²) in [7, 11) is 2.73. The Bertz CT molecular complexity index is 676. The van der Waals surface area contributed by atoms with Crippen molar-refractivity contribution in [1.29, 1.82) is 0 Å². The monoisotopic (exact) mass is 369 g/mol. The number of benzene rings is 1. The highest BCUT2D eigenvalue weighted by molar-refractivity contribution is 7.27. The van der Waals surface area contributed by atoms with Crippen LogP contribution in [0.15, 0.2) is 18.2 Å². The molecule has 0 amide bonds. The van der Waals surface area contributed by atoms with E-state index in [1.165, 1.54) is 4.88 Å². The number of halogens is 1. The average molecular weight is 370 g/mol. The van der Waals surface area contributed by atoms with Gasteiger partial charge in [0.25, 0.3) is 0 Å². The van der Waals surface area contributed by atoms with E-state index < -0.39 is 0 Å². The molecule has 2 rings (SSSR count). The molecule has 0 saturated carbocycles. The Morgan fingerprint density at radius 1 is 1.30 bits per heavy atom. The van der Waals surface area contributed by atoms with E-state index in [1.54, 1.807) is 11.3 Å². The van der Waals surface area contributed by atoms with Gasteiger partial charge in [0, 0.05) is 15.7 Å². The maximum absolute atomic E-state index is 6.19. The van der Waals surface area contributed by atoms with Gasteiger partial charge in [-0.25, -0.2) is 4.98 Å². The van der Waals surface area contributed by atoms with Crippen LogP contribution in [0.4, 0.5) is 0 Å². The van der Waals surface area contributed by atoms with Crippen LogP contribution in [0.25, 0.3) is 11.3 Å². The van der Waals surface area contributed by atoms with Crippen LogP contribution in [0.1, 0.15) is 39.5 Å². The minimum Gasteiger partial charge on any atom is -0.493 e. The molecule has 1 atom stereocenters. The number of aromatic nitrogens is 1. The zero-order valence-electron chi connectivity index (χ0n) is 14.4. The van der Waals surface area contributed by atoms with Crippen molar-refractivity contribution in [2.45, 2.75) is 41.0 Å². The van der Waals surface area contributed by atoms with Gasteiger partial charge >= 0.3 is 0 Å². The summed E-state index contributed by atoms with van der Waals surface area (Å²) in [6.07, 6.45) is 0.956. The van der Waals surface area contributed by atoms with Crippen LogP contribution in [-0.2, 0) is 6.42 Å². The highest BCUT2D eigenvalue weighted by Gasteiger charge is 2.19. The molecule has 2 aromatic rings. The first-order valence-corrected chi connectivity index (χ1v) is 9.61. The summed E-state index contributed by atoms with van der Waals surface area (Å²) in [6.45, 7) is 11.7. The molecule has 1 aromatic carbocycles. The Labute approximate surface area is 150 Å². The number of hydrogen-bond acceptors (Lipinski definition) is 3. The second kappa shape index (κ2) is 7.51. The van der Waals surface area contributed by atoms with Crippen molar-refractivity contribution >= 4 is 37.5 Å². The SMILES string of the molecule is CC(C)COc1cc(-c2nc(Cl)sc2CC(C)(C)C)ccc1P. The van der Waals surface area contributed by atoms with Crippen LogP contribution in [0.3, 0.4) is 0 Å². The van der Waals surface area contributed by atoms with Gasteiger partial charge < -0.3 is 4.74 Å². The van der Waals surface area contributed by atoms with Crippen molar-refractivity contribution < 1.29 is 4.74 Å². The molecule has 0 aliphatic heterocycles. The summed E-state index contributed by atoms with van der Waals surface area (Å²) in [4.78, 5) is 5.78. The number of ether oxygens (including phenoxy) is 1. The van der Waals surface area contributed by atoms with Gasteiger partial charge in [-0.15, -0.1) is 20.6 Å². The van der Waals surface area contributed by atoms with Gasteiger partial charge in [0.2, 0.25) is 0 Å². The fourth-order valence-electron chi connectivity index (χ4n) is 2.21. The molecule has 1 heterocycles. The number of thiazole rings is 1. The molecule has 0 bridgehead atoms. The van der Waals surface area contributed by atoms with Crippen molar-refractivity contribution in [3.05, 3.63) is 27.5 Å². The molecule has 5 heteroatoms. The van der Waals surface area contributed by atoms with Gasteiger partial charge in [-0.05, 0) is 23.8 Å². The van der Waals surface area contributed by atoms with E-state index >= 15 is 0 Å². The molecule has 0 N–H and O–H groups in total. The predicted octanol–water partition coefficient (Wildman–Crippen LogP) is 5.59. The molecule has 2 nitrogen and oxygen atoms in total. The van der Waals surface area contributed by atoms with E-state index in [4.69, 9.17) is 16.3 Å². The summed E-state index contributed by atoms with van der Waals surface area (Å²) in [5, 5.41) is 1.06. The number of rotatable bonds is 5. The lowest BCUT2D eigenvalue weighted by Crippen LogP contribution is -2.10.